The Balaban J connectivity index is 2.54. The minimum Gasteiger partial charge on any atom is -0.300 e. The Bertz CT molecular complexity index is 223. The highest BCUT2D eigenvalue weighted by Gasteiger charge is 2.39. The molecule has 0 unspecified atom stereocenters. The van der Waals surface area contributed by atoms with E-state index in [1.807, 2.05) is 0 Å². The van der Waals surface area contributed by atoms with Crippen LogP contribution in [0.5, 0.6) is 0 Å². The lowest BCUT2D eigenvalue weighted by atomic mass is 10.0. The summed E-state index contributed by atoms with van der Waals surface area (Å²) in [5.41, 5.74) is 2.50. The third-order valence-corrected chi connectivity index (χ3v) is 2.52. The lowest BCUT2D eigenvalue weighted by Gasteiger charge is -2.19. The predicted molar refractivity (Wildman–Crippen MR) is 47.6 cm³/mol. The van der Waals surface area contributed by atoms with Gasteiger partial charge in [0.05, 0.1) is 5.39 Å². The van der Waals surface area contributed by atoms with E-state index in [1.54, 1.807) is 7.05 Å². The molecule has 0 saturated heterocycles. The number of carbonyl (C=O) groups is 1. The molecule has 0 aliphatic heterocycles. The number of nitrogens with zero attached hydrogens (tertiary/aromatic N) is 1. The molecule has 88 valence electrons. The number of rotatable bonds is 5. The first kappa shape index (κ1) is 12.5. The van der Waals surface area contributed by atoms with Crippen molar-refractivity contribution in [3.63, 3.8) is 0 Å². The molecule has 3 atom stereocenters. The molecule has 0 aromatic rings. The molecule has 0 aromatic carbocycles. The van der Waals surface area contributed by atoms with Gasteiger partial charge in [-0.1, -0.05) is 0 Å². The molecule has 0 amide bonds. The number of carbonyl (C=O) groups excluding carboxylic acids is 1. The molecule has 7 heteroatoms. The smallest absolute Gasteiger partial charge is 0.133 e. The molecule has 0 heterocycles. The fourth-order valence-corrected chi connectivity index (χ4v) is 1.80. The molecule has 1 aliphatic rings. The van der Waals surface area contributed by atoms with Gasteiger partial charge in [-0.2, -0.15) is 0 Å². The number of hydroxylamine groups is 1. The van der Waals surface area contributed by atoms with Crippen molar-refractivity contribution in [2.24, 2.45) is 5.92 Å². The van der Waals surface area contributed by atoms with Gasteiger partial charge in [0.1, 0.15) is 18.0 Å². The molecule has 0 bridgehead atoms. The van der Waals surface area contributed by atoms with Gasteiger partial charge in [-0.3, -0.25) is 20.0 Å². The third-order valence-electron chi connectivity index (χ3n) is 2.52. The van der Waals surface area contributed by atoms with Gasteiger partial charge in [-0.05, 0) is 19.8 Å². The third kappa shape index (κ3) is 3.49. The summed E-state index contributed by atoms with van der Waals surface area (Å²) in [5, 5.41) is 16.7. The van der Waals surface area contributed by atoms with Crippen molar-refractivity contribution >= 4 is 5.78 Å². The maximum atomic E-state index is 11.2. The van der Waals surface area contributed by atoms with E-state index in [9.17, 15) is 4.79 Å². The van der Waals surface area contributed by atoms with Crippen LogP contribution in [0.1, 0.15) is 19.8 Å². The van der Waals surface area contributed by atoms with Gasteiger partial charge in [-0.25, -0.2) is 10.3 Å². The summed E-state index contributed by atoms with van der Waals surface area (Å²) < 4.78 is 0. The van der Waals surface area contributed by atoms with Crippen LogP contribution in [0, 0.1) is 5.92 Å². The Morgan fingerprint density at radius 3 is 2.47 bits per heavy atom. The van der Waals surface area contributed by atoms with Gasteiger partial charge in [0, 0.05) is 13.0 Å². The maximum absolute atomic E-state index is 11.2. The van der Waals surface area contributed by atoms with Crippen molar-refractivity contribution in [2.75, 3.05) is 7.05 Å². The van der Waals surface area contributed by atoms with Gasteiger partial charge in [0.15, 0.2) is 0 Å². The summed E-state index contributed by atoms with van der Waals surface area (Å²) in [6, 6.07) is 0. The van der Waals surface area contributed by atoms with Gasteiger partial charge >= 0.3 is 0 Å². The van der Waals surface area contributed by atoms with Crippen molar-refractivity contribution in [1.82, 2.24) is 10.9 Å². The molecule has 0 radical (unpaired) electrons. The molecule has 7 nitrogen and oxygen atoms in total. The summed E-state index contributed by atoms with van der Waals surface area (Å²) in [6.07, 6.45) is 0.0144. The van der Waals surface area contributed by atoms with Crippen molar-refractivity contribution in [3.05, 3.63) is 0 Å². The lowest BCUT2D eigenvalue weighted by molar-refractivity contribution is -0.508. The number of hydrogen-bond acceptors (Lipinski definition) is 7. The number of nitrogens with one attached hydrogen (secondary N) is 1. The highest BCUT2D eigenvalue weighted by Crippen LogP contribution is 2.30. The normalized spacial score (nSPS) is 31.1. The Morgan fingerprint density at radius 2 is 2.00 bits per heavy atom. The van der Waals surface area contributed by atoms with Crippen LogP contribution in [-0.4, -0.2) is 40.8 Å². The molecular weight excluding hydrogens is 204 g/mol. The summed E-state index contributed by atoms with van der Waals surface area (Å²) >= 11 is 0. The summed E-state index contributed by atoms with van der Waals surface area (Å²) in [6.45, 7) is 1.50. The molecule has 1 saturated carbocycles. The Labute approximate surface area is 87.4 Å². The second-order valence-electron chi connectivity index (χ2n) is 3.54. The first-order chi connectivity index (χ1) is 7.04. The van der Waals surface area contributed by atoms with E-state index in [4.69, 9.17) is 15.3 Å². The van der Waals surface area contributed by atoms with Gasteiger partial charge in [-0.15, -0.1) is 0 Å². The first-order valence-electron chi connectivity index (χ1n) is 4.72. The van der Waals surface area contributed by atoms with Crippen LogP contribution >= 0.6 is 0 Å². The van der Waals surface area contributed by atoms with Gasteiger partial charge < -0.3 is 0 Å². The zero-order valence-electron chi connectivity index (χ0n) is 8.71. The molecule has 3 N–H and O–H groups in total. The Kier molecular flexibility index (Phi) is 4.58. The minimum atomic E-state index is -0.540. The molecule has 0 spiro atoms. The fourth-order valence-electron chi connectivity index (χ4n) is 1.80. The molecule has 1 aliphatic carbocycles. The molecule has 15 heavy (non-hydrogen) atoms. The van der Waals surface area contributed by atoms with E-state index < -0.39 is 6.10 Å². The lowest BCUT2D eigenvalue weighted by Crippen LogP contribution is -2.34. The van der Waals surface area contributed by atoms with E-state index in [2.05, 4.69) is 10.3 Å². The second kappa shape index (κ2) is 5.50. The van der Waals surface area contributed by atoms with Crippen LogP contribution in [0.2, 0.25) is 0 Å². The highest BCUT2D eigenvalue weighted by atomic mass is 17.1. The summed E-state index contributed by atoms with van der Waals surface area (Å²) in [4.78, 5) is 21.0. The maximum Gasteiger partial charge on any atom is 0.133 e. The molecule has 1 fully saturated rings. The van der Waals surface area contributed by atoms with E-state index >= 15 is 0 Å². The quantitative estimate of drug-likeness (QED) is 0.556. The van der Waals surface area contributed by atoms with Crippen molar-refractivity contribution in [2.45, 2.75) is 32.0 Å². The van der Waals surface area contributed by atoms with Crippen LogP contribution in [0.4, 0.5) is 0 Å². The zero-order chi connectivity index (χ0) is 11.4. The summed E-state index contributed by atoms with van der Waals surface area (Å²) in [5.74, 6) is -0.110. The topological polar surface area (TPSA) is 91.3 Å². The van der Waals surface area contributed by atoms with Crippen LogP contribution in [0.3, 0.4) is 0 Å². The largest absolute Gasteiger partial charge is 0.300 e. The average Bonchev–Trinajstić information content (AvgIpc) is 2.48. The predicted octanol–water partition coefficient (Wildman–Crippen LogP) is -0.114. The van der Waals surface area contributed by atoms with Crippen molar-refractivity contribution in [1.29, 1.82) is 0 Å². The monoisotopic (exact) mass is 220 g/mol. The zero-order valence-corrected chi connectivity index (χ0v) is 8.71. The molecule has 0 aromatic heterocycles. The van der Waals surface area contributed by atoms with Gasteiger partial charge in [0.2, 0.25) is 0 Å². The number of Topliss-reactive ketones (excluding diaryl/α,β-unsaturated/α-hetero) is 1. The Hall–Kier alpha value is -0.570. The molecular formula is C8H16N2O5. The van der Waals surface area contributed by atoms with Crippen LogP contribution < -0.4 is 5.48 Å². The van der Waals surface area contributed by atoms with Crippen LogP contribution in [-0.2, 0) is 14.5 Å². The summed E-state index contributed by atoms with van der Waals surface area (Å²) in [7, 11) is 1.59. The standard InChI is InChI=1S/C8H16N2O5/c1-5(11)6-3-7(14-9-2)8(4-6)15-10(12)13/h6-9,12-13H,3-4H2,1-2H3/t6-,7+,8+/m0/s1. The van der Waals surface area contributed by atoms with E-state index in [1.165, 1.54) is 6.92 Å². The van der Waals surface area contributed by atoms with Crippen molar-refractivity contribution < 1.29 is 24.9 Å². The fraction of sp³-hybridized carbons (Fsp3) is 0.875. The van der Waals surface area contributed by atoms with E-state index in [-0.39, 0.29) is 23.2 Å². The number of hydrogen-bond donors (Lipinski definition) is 3. The highest BCUT2D eigenvalue weighted by molar-refractivity contribution is 5.78. The van der Waals surface area contributed by atoms with E-state index in [0.717, 1.165) is 0 Å². The van der Waals surface area contributed by atoms with Crippen molar-refractivity contribution in [3.8, 4) is 0 Å². The van der Waals surface area contributed by atoms with Crippen LogP contribution in [0.25, 0.3) is 0 Å². The first-order valence-corrected chi connectivity index (χ1v) is 4.72. The second-order valence-corrected chi connectivity index (χ2v) is 3.54. The Morgan fingerprint density at radius 1 is 1.40 bits per heavy atom. The minimum absolute atomic E-state index is 0.0493. The average molecular weight is 220 g/mol. The molecule has 1 rings (SSSR count). The van der Waals surface area contributed by atoms with E-state index in [0.29, 0.717) is 12.8 Å². The van der Waals surface area contributed by atoms with Crippen LogP contribution in [0.15, 0.2) is 0 Å². The number of ketones is 1. The van der Waals surface area contributed by atoms with Gasteiger partial charge in [0.25, 0.3) is 0 Å². The SMILES string of the molecule is CNO[C@@H]1C[C@H](C(C)=O)C[C@H]1ON(O)O.